The molecule has 7 nitrogen and oxygen atoms in total. The third-order valence-electron chi connectivity index (χ3n) is 5.94. The van der Waals surface area contributed by atoms with Crippen molar-refractivity contribution in [3.05, 3.63) is 24.6 Å². The van der Waals surface area contributed by atoms with Crippen molar-refractivity contribution in [1.29, 1.82) is 0 Å². The smallest absolute Gasteiger partial charge is 0.230 e. The summed E-state index contributed by atoms with van der Waals surface area (Å²) >= 11 is 0. The average molecular weight is 324 g/mol. The number of imidazole rings is 1. The predicted molar refractivity (Wildman–Crippen MR) is 87.0 cm³/mol. The quantitative estimate of drug-likeness (QED) is 0.916. The molecule has 2 fully saturated rings. The van der Waals surface area contributed by atoms with E-state index < -0.39 is 0 Å². The molecule has 2 aliphatic carbocycles. The normalized spacial score (nSPS) is 30.7. The summed E-state index contributed by atoms with van der Waals surface area (Å²) < 4.78 is 7.81. The van der Waals surface area contributed by atoms with E-state index in [0.29, 0.717) is 29.9 Å². The first-order valence-corrected chi connectivity index (χ1v) is 9.02. The van der Waals surface area contributed by atoms with Crippen molar-refractivity contribution in [2.75, 3.05) is 4.90 Å². The van der Waals surface area contributed by atoms with Crippen LogP contribution in [-0.2, 0) is 0 Å². The van der Waals surface area contributed by atoms with E-state index in [1.807, 2.05) is 6.33 Å². The number of fused-ring (bicyclic) bond motifs is 6. The highest BCUT2D eigenvalue weighted by Gasteiger charge is 2.45. The zero-order valence-electron chi connectivity index (χ0n) is 13.4. The molecule has 2 aromatic rings. The third-order valence-corrected chi connectivity index (χ3v) is 5.94. The first-order chi connectivity index (χ1) is 11.9. The van der Waals surface area contributed by atoms with Gasteiger partial charge in [-0.1, -0.05) is 18.0 Å². The van der Waals surface area contributed by atoms with E-state index in [0.717, 1.165) is 30.2 Å². The van der Waals surface area contributed by atoms with E-state index in [9.17, 15) is 0 Å². The second-order valence-electron chi connectivity index (χ2n) is 7.40. The van der Waals surface area contributed by atoms with E-state index in [1.165, 1.54) is 25.7 Å². The Morgan fingerprint density at radius 3 is 3.00 bits per heavy atom. The Kier molecular flexibility index (Phi) is 2.51. The molecule has 2 aromatic heterocycles. The fourth-order valence-corrected chi connectivity index (χ4v) is 4.62. The highest BCUT2D eigenvalue weighted by atomic mass is 16.5. The number of anilines is 1. The largest absolute Gasteiger partial charge is 0.369 e. The van der Waals surface area contributed by atoms with Gasteiger partial charge in [-0.3, -0.25) is 0 Å². The molecule has 0 amide bonds. The molecule has 0 radical (unpaired) electrons. The van der Waals surface area contributed by atoms with Gasteiger partial charge >= 0.3 is 0 Å². The molecule has 1 N–H and O–H groups in total. The van der Waals surface area contributed by atoms with Gasteiger partial charge in [-0.2, -0.15) is 4.98 Å². The molecular weight excluding hydrogens is 304 g/mol. The Morgan fingerprint density at radius 1 is 1.17 bits per heavy atom. The standard InChI is InChI=1S/C17H20N6O/c1-2-4-12-11(3-1)15-18-7-8-22(15)17-13(19-9-23(12)17)14-20-16(24-21-14)10-5-6-10/h7-12,15,18H,1-6H2. The van der Waals surface area contributed by atoms with Crippen molar-refractivity contribution in [3.63, 3.8) is 0 Å². The van der Waals surface area contributed by atoms with Gasteiger partial charge in [0.05, 0.1) is 6.33 Å². The highest BCUT2D eigenvalue weighted by molar-refractivity contribution is 5.70. The summed E-state index contributed by atoms with van der Waals surface area (Å²) in [7, 11) is 0. The van der Waals surface area contributed by atoms with Gasteiger partial charge in [-0.15, -0.1) is 0 Å². The summed E-state index contributed by atoms with van der Waals surface area (Å²) in [6.07, 6.45) is 13.9. The zero-order chi connectivity index (χ0) is 15.7. The molecule has 2 saturated carbocycles. The summed E-state index contributed by atoms with van der Waals surface area (Å²) in [5, 5.41) is 7.75. The monoisotopic (exact) mass is 324 g/mol. The van der Waals surface area contributed by atoms with E-state index in [-0.39, 0.29) is 0 Å². The van der Waals surface area contributed by atoms with Crippen LogP contribution in [0.1, 0.15) is 56.4 Å². The van der Waals surface area contributed by atoms with Crippen molar-refractivity contribution in [2.24, 2.45) is 5.92 Å². The molecule has 0 saturated heterocycles. The van der Waals surface area contributed by atoms with Crippen LogP contribution in [0, 0.1) is 5.92 Å². The van der Waals surface area contributed by atoms with Crippen molar-refractivity contribution in [3.8, 4) is 11.5 Å². The fraction of sp³-hybridized carbons (Fsp3) is 0.588. The molecule has 3 unspecified atom stereocenters. The lowest BCUT2D eigenvalue weighted by Gasteiger charge is -2.45. The minimum Gasteiger partial charge on any atom is -0.369 e. The maximum absolute atomic E-state index is 5.46. The molecule has 0 bridgehead atoms. The number of aromatic nitrogens is 4. The van der Waals surface area contributed by atoms with E-state index in [4.69, 9.17) is 4.52 Å². The van der Waals surface area contributed by atoms with Crippen LogP contribution in [0.25, 0.3) is 11.5 Å². The number of nitrogens with one attached hydrogen (secondary N) is 1. The lowest BCUT2D eigenvalue weighted by molar-refractivity contribution is 0.179. The number of hydrogen-bond donors (Lipinski definition) is 1. The summed E-state index contributed by atoms with van der Waals surface area (Å²) in [4.78, 5) is 11.6. The van der Waals surface area contributed by atoms with E-state index >= 15 is 0 Å². The van der Waals surface area contributed by atoms with Gasteiger partial charge in [0, 0.05) is 30.3 Å². The molecule has 3 atom stereocenters. The van der Waals surface area contributed by atoms with Gasteiger partial charge in [-0.25, -0.2) is 4.98 Å². The molecule has 4 heterocycles. The van der Waals surface area contributed by atoms with Crippen LogP contribution in [0.2, 0.25) is 0 Å². The lowest BCUT2D eigenvalue weighted by atomic mass is 9.80. The molecule has 0 aromatic carbocycles. The summed E-state index contributed by atoms with van der Waals surface area (Å²) in [6, 6.07) is 0.512. The molecule has 24 heavy (non-hydrogen) atoms. The van der Waals surface area contributed by atoms with Crippen LogP contribution in [0.4, 0.5) is 5.82 Å². The minimum atomic E-state index is 0.327. The number of hydrogen-bond acceptors (Lipinski definition) is 6. The van der Waals surface area contributed by atoms with E-state index in [2.05, 4.69) is 42.3 Å². The van der Waals surface area contributed by atoms with Crippen LogP contribution in [-0.4, -0.2) is 25.9 Å². The Hall–Kier alpha value is -2.31. The van der Waals surface area contributed by atoms with Gasteiger partial charge in [-0.05, 0) is 25.7 Å². The number of rotatable bonds is 2. The van der Waals surface area contributed by atoms with Gasteiger partial charge < -0.3 is 19.3 Å². The average Bonchev–Trinajstić information content (AvgIpc) is 3.05. The van der Waals surface area contributed by atoms with Crippen molar-refractivity contribution < 1.29 is 4.52 Å². The van der Waals surface area contributed by atoms with Crippen molar-refractivity contribution in [1.82, 2.24) is 25.0 Å². The summed E-state index contributed by atoms with van der Waals surface area (Å²) in [5.41, 5.74) is 0.841. The van der Waals surface area contributed by atoms with Crippen LogP contribution in [0.15, 0.2) is 23.3 Å². The molecular formula is C17H20N6O. The van der Waals surface area contributed by atoms with Crippen LogP contribution in [0.3, 0.4) is 0 Å². The first-order valence-electron chi connectivity index (χ1n) is 9.02. The number of nitrogens with zero attached hydrogens (tertiary/aromatic N) is 5. The Labute approximate surface area is 139 Å². The second kappa shape index (κ2) is 4.62. The Bertz CT molecular complexity index is 819. The van der Waals surface area contributed by atoms with Crippen LogP contribution in [0.5, 0.6) is 0 Å². The first kappa shape index (κ1) is 13.0. The van der Waals surface area contributed by atoms with Crippen molar-refractivity contribution >= 4 is 5.82 Å². The van der Waals surface area contributed by atoms with E-state index in [1.54, 1.807) is 0 Å². The topological polar surface area (TPSA) is 72.0 Å². The zero-order valence-corrected chi connectivity index (χ0v) is 13.4. The maximum Gasteiger partial charge on any atom is 0.230 e. The molecule has 0 spiro atoms. The highest BCUT2D eigenvalue weighted by Crippen LogP contribution is 2.48. The van der Waals surface area contributed by atoms with Crippen LogP contribution >= 0.6 is 0 Å². The van der Waals surface area contributed by atoms with Crippen LogP contribution < -0.4 is 10.2 Å². The lowest BCUT2D eigenvalue weighted by Crippen LogP contribution is -2.51. The minimum absolute atomic E-state index is 0.327. The molecule has 2 aliphatic heterocycles. The van der Waals surface area contributed by atoms with Gasteiger partial charge in [0.2, 0.25) is 11.7 Å². The Morgan fingerprint density at radius 2 is 2.08 bits per heavy atom. The third kappa shape index (κ3) is 1.70. The summed E-state index contributed by atoms with van der Waals surface area (Å²) in [6.45, 7) is 0. The van der Waals surface area contributed by atoms with Crippen molar-refractivity contribution in [2.45, 2.75) is 56.7 Å². The maximum atomic E-state index is 5.46. The van der Waals surface area contributed by atoms with Gasteiger partial charge in [0.15, 0.2) is 5.69 Å². The SMILES string of the molecule is C1=CN2c3c(-c4noc(C5CC5)n4)ncn3C3CCCCC3C2N1. The molecule has 4 aliphatic rings. The molecule has 7 heteroatoms. The van der Waals surface area contributed by atoms with Gasteiger partial charge in [0.1, 0.15) is 12.0 Å². The molecule has 6 rings (SSSR count). The fourth-order valence-electron chi connectivity index (χ4n) is 4.62. The van der Waals surface area contributed by atoms with Gasteiger partial charge in [0.25, 0.3) is 0 Å². The Balaban J connectivity index is 1.48. The summed E-state index contributed by atoms with van der Waals surface area (Å²) in [5.74, 6) is 3.58. The predicted octanol–water partition coefficient (Wildman–Crippen LogP) is 2.76. The second-order valence-corrected chi connectivity index (χ2v) is 7.40. The molecule has 124 valence electrons.